The van der Waals surface area contributed by atoms with Crippen molar-refractivity contribution in [3.05, 3.63) is 41.8 Å². The van der Waals surface area contributed by atoms with Crippen LogP contribution in [0, 0.1) is 6.92 Å². The molecule has 2 aromatic rings. The molecule has 3 rings (SSSR count). The van der Waals surface area contributed by atoms with E-state index in [0.717, 1.165) is 24.1 Å². The Bertz CT molecular complexity index is 612. The molecule has 1 aromatic heterocycles. The van der Waals surface area contributed by atoms with Crippen LogP contribution in [0.25, 0.3) is 0 Å². The number of nitrogens with zero attached hydrogens (tertiary/aromatic N) is 1. The summed E-state index contributed by atoms with van der Waals surface area (Å²) in [6.07, 6.45) is 3.18. The Morgan fingerprint density at radius 1 is 1.37 bits per heavy atom. The number of amides is 1. The van der Waals surface area contributed by atoms with E-state index in [0.29, 0.717) is 5.69 Å². The molecule has 0 bridgehead atoms. The number of carbonyl (C=O) groups is 1. The first-order valence-electron chi connectivity index (χ1n) is 6.20. The number of nitrogens with two attached hydrogens (primary N) is 1. The van der Waals surface area contributed by atoms with Crippen molar-refractivity contribution >= 4 is 17.6 Å². The summed E-state index contributed by atoms with van der Waals surface area (Å²) in [5, 5.41) is 2.73. The highest BCUT2D eigenvalue weighted by atomic mass is 16.4. The van der Waals surface area contributed by atoms with Gasteiger partial charge in [-0.05, 0) is 37.5 Å². The van der Waals surface area contributed by atoms with Gasteiger partial charge in [-0.25, -0.2) is 0 Å². The zero-order chi connectivity index (χ0) is 13.5. The van der Waals surface area contributed by atoms with Crippen molar-refractivity contribution < 1.29 is 9.21 Å². The van der Waals surface area contributed by atoms with Gasteiger partial charge in [-0.2, -0.15) is 4.98 Å². The van der Waals surface area contributed by atoms with E-state index in [1.54, 1.807) is 0 Å². The molecule has 0 spiro atoms. The zero-order valence-electron chi connectivity index (χ0n) is 10.6. The normalized spacial score (nSPS) is 16.1. The highest BCUT2D eigenvalue weighted by Crippen LogP contribution is 2.49. The standard InChI is InChI=1S/C14H15N3O2/c1-9-8-19-13(16-9)17-12(18)14(6-7-14)10-2-4-11(15)5-3-10/h2-5,8H,6-7,15H2,1H3,(H,16,17,18). The number of aromatic nitrogens is 1. The lowest BCUT2D eigenvalue weighted by atomic mass is 9.95. The van der Waals surface area contributed by atoms with E-state index in [1.807, 2.05) is 31.2 Å². The minimum atomic E-state index is -0.448. The fourth-order valence-corrected chi connectivity index (χ4v) is 2.20. The van der Waals surface area contributed by atoms with E-state index in [1.165, 1.54) is 6.26 Å². The smallest absolute Gasteiger partial charge is 0.301 e. The topological polar surface area (TPSA) is 81.2 Å². The van der Waals surface area contributed by atoms with Crippen LogP contribution in [0.1, 0.15) is 24.1 Å². The third-order valence-electron chi connectivity index (χ3n) is 3.49. The molecule has 98 valence electrons. The van der Waals surface area contributed by atoms with Gasteiger partial charge in [-0.15, -0.1) is 0 Å². The van der Waals surface area contributed by atoms with E-state index < -0.39 is 5.41 Å². The average Bonchev–Trinajstić information content (AvgIpc) is 3.10. The van der Waals surface area contributed by atoms with Crippen molar-refractivity contribution in [1.29, 1.82) is 0 Å². The average molecular weight is 257 g/mol. The lowest BCUT2D eigenvalue weighted by Crippen LogP contribution is -2.27. The molecule has 3 N–H and O–H groups in total. The Labute approximate surface area is 110 Å². The third-order valence-corrected chi connectivity index (χ3v) is 3.49. The molecule has 1 heterocycles. The maximum absolute atomic E-state index is 12.3. The number of hydrogen-bond donors (Lipinski definition) is 2. The molecule has 19 heavy (non-hydrogen) atoms. The van der Waals surface area contributed by atoms with Crippen molar-refractivity contribution in [2.75, 3.05) is 11.1 Å². The lowest BCUT2D eigenvalue weighted by Gasteiger charge is -2.14. The van der Waals surface area contributed by atoms with Crippen LogP contribution < -0.4 is 11.1 Å². The Morgan fingerprint density at radius 3 is 2.58 bits per heavy atom. The number of nitrogen functional groups attached to an aromatic ring is 1. The van der Waals surface area contributed by atoms with Crippen molar-refractivity contribution in [3.8, 4) is 0 Å². The quantitative estimate of drug-likeness (QED) is 0.826. The van der Waals surface area contributed by atoms with Gasteiger partial charge in [-0.1, -0.05) is 12.1 Å². The van der Waals surface area contributed by atoms with Crippen LogP contribution in [0.2, 0.25) is 0 Å². The predicted molar refractivity (Wildman–Crippen MR) is 71.6 cm³/mol. The Morgan fingerprint density at radius 2 is 2.05 bits per heavy atom. The molecule has 1 saturated carbocycles. The van der Waals surface area contributed by atoms with Crippen LogP contribution in [0.5, 0.6) is 0 Å². The Kier molecular flexibility index (Phi) is 2.55. The van der Waals surface area contributed by atoms with Gasteiger partial charge >= 0.3 is 6.01 Å². The van der Waals surface area contributed by atoms with Crippen molar-refractivity contribution in [1.82, 2.24) is 4.98 Å². The van der Waals surface area contributed by atoms with Gasteiger partial charge in [0.15, 0.2) is 0 Å². The number of aryl methyl sites for hydroxylation is 1. The first kappa shape index (κ1) is 11.8. The summed E-state index contributed by atoms with van der Waals surface area (Å²) >= 11 is 0. The second-order valence-corrected chi connectivity index (χ2v) is 4.95. The summed E-state index contributed by atoms with van der Waals surface area (Å²) in [7, 11) is 0. The van der Waals surface area contributed by atoms with Crippen LogP contribution in [0.3, 0.4) is 0 Å². The van der Waals surface area contributed by atoms with E-state index in [-0.39, 0.29) is 11.9 Å². The van der Waals surface area contributed by atoms with Crippen molar-refractivity contribution in [2.45, 2.75) is 25.2 Å². The minimum Gasteiger partial charge on any atom is -0.432 e. The second kappa shape index (κ2) is 4.12. The molecule has 1 aliphatic carbocycles. The van der Waals surface area contributed by atoms with Gasteiger partial charge in [0, 0.05) is 5.69 Å². The van der Waals surface area contributed by atoms with Crippen LogP contribution in [-0.4, -0.2) is 10.9 Å². The highest BCUT2D eigenvalue weighted by Gasteiger charge is 2.51. The maximum Gasteiger partial charge on any atom is 0.301 e. The molecular weight excluding hydrogens is 242 g/mol. The van der Waals surface area contributed by atoms with Gasteiger partial charge < -0.3 is 10.2 Å². The first-order valence-corrected chi connectivity index (χ1v) is 6.20. The highest BCUT2D eigenvalue weighted by molar-refractivity contribution is 6.00. The molecule has 0 atom stereocenters. The van der Waals surface area contributed by atoms with Crippen LogP contribution in [-0.2, 0) is 10.2 Å². The lowest BCUT2D eigenvalue weighted by molar-refractivity contribution is -0.118. The number of benzene rings is 1. The summed E-state index contributed by atoms with van der Waals surface area (Å²) < 4.78 is 5.15. The number of anilines is 2. The van der Waals surface area contributed by atoms with Gasteiger partial charge in [0.1, 0.15) is 6.26 Å². The van der Waals surface area contributed by atoms with E-state index >= 15 is 0 Å². The monoisotopic (exact) mass is 257 g/mol. The molecule has 1 fully saturated rings. The number of rotatable bonds is 3. The molecular formula is C14H15N3O2. The van der Waals surface area contributed by atoms with E-state index in [9.17, 15) is 4.79 Å². The molecule has 1 amide bonds. The van der Waals surface area contributed by atoms with Crippen LogP contribution in [0.15, 0.2) is 34.9 Å². The van der Waals surface area contributed by atoms with Gasteiger partial charge in [0.2, 0.25) is 5.91 Å². The fourth-order valence-electron chi connectivity index (χ4n) is 2.20. The largest absolute Gasteiger partial charge is 0.432 e. The van der Waals surface area contributed by atoms with Gasteiger partial charge in [0.25, 0.3) is 0 Å². The minimum absolute atomic E-state index is 0.0703. The van der Waals surface area contributed by atoms with Crippen LogP contribution in [0.4, 0.5) is 11.7 Å². The van der Waals surface area contributed by atoms with Gasteiger partial charge in [-0.3, -0.25) is 10.1 Å². The molecule has 0 unspecified atom stereocenters. The predicted octanol–water partition coefficient (Wildman–Crippen LogP) is 2.24. The second-order valence-electron chi connectivity index (χ2n) is 4.95. The molecule has 1 aliphatic rings. The van der Waals surface area contributed by atoms with Crippen LogP contribution >= 0.6 is 0 Å². The van der Waals surface area contributed by atoms with E-state index in [2.05, 4.69) is 10.3 Å². The summed E-state index contributed by atoms with van der Waals surface area (Å²) in [5.74, 6) is -0.0703. The fraction of sp³-hybridized carbons (Fsp3) is 0.286. The number of carbonyl (C=O) groups excluding carboxylic acids is 1. The molecule has 5 heteroatoms. The summed E-state index contributed by atoms with van der Waals surface area (Å²) in [6, 6.07) is 7.70. The number of nitrogens with one attached hydrogen (secondary N) is 1. The SMILES string of the molecule is Cc1coc(NC(=O)C2(c3ccc(N)cc3)CC2)n1. The summed E-state index contributed by atoms with van der Waals surface area (Å²) in [5.41, 5.74) is 7.65. The Balaban J connectivity index is 1.81. The van der Waals surface area contributed by atoms with Gasteiger partial charge in [0.05, 0.1) is 11.1 Å². The Hall–Kier alpha value is -2.30. The zero-order valence-corrected chi connectivity index (χ0v) is 10.6. The third kappa shape index (κ3) is 2.07. The molecule has 0 saturated heterocycles. The summed E-state index contributed by atoms with van der Waals surface area (Å²) in [4.78, 5) is 16.4. The first-order chi connectivity index (χ1) is 9.10. The van der Waals surface area contributed by atoms with Crippen molar-refractivity contribution in [2.24, 2.45) is 0 Å². The van der Waals surface area contributed by atoms with E-state index in [4.69, 9.17) is 10.2 Å². The number of oxazole rings is 1. The summed E-state index contributed by atoms with van der Waals surface area (Å²) in [6.45, 7) is 1.81. The maximum atomic E-state index is 12.3. The molecule has 0 radical (unpaired) electrons. The molecule has 1 aromatic carbocycles. The van der Waals surface area contributed by atoms with Crippen molar-refractivity contribution in [3.63, 3.8) is 0 Å². The molecule has 0 aliphatic heterocycles. The number of hydrogen-bond acceptors (Lipinski definition) is 4. The molecule has 5 nitrogen and oxygen atoms in total.